The smallest absolute Gasteiger partial charge is 0.344 e. The number of ether oxygens (including phenoxy) is 1. The Kier molecular flexibility index (Phi) is 6.44. The molecule has 0 bridgehead atoms. The van der Waals surface area contributed by atoms with E-state index in [0.717, 1.165) is 5.56 Å². The molecule has 29 heavy (non-hydrogen) atoms. The summed E-state index contributed by atoms with van der Waals surface area (Å²) in [6, 6.07) is 14.6. The second-order valence-corrected chi connectivity index (χ2v) is 7.81. The minimum atomic E-state index is -0.617. The summed E-state index contributed by atoms with van der Waals surface area (Å²) < 4.78 is 5.11. The zero-order valence-corrected chi connectivity index (χ0v) is 17.4. The number of carbonyl (C=O) groups is 1. The molecule has 6 heteroatoms. The molecular formula is C23H23NO4S. The Bertz CT molecular complexity index is 1010. The van der Waals surface area contributed by atoms with Crippen LogP contribution < -0.4 is 0 Å². The summed E-state index contributed by atoms with van der Waals surface area (Å²) in [5, 5.41) is 21.3. The number of hydrogen-bond donors (Lipinski definition) is 2. The number of aliphatic hydroxyl groups excluding tert-OH is 1. The van der Waals surface area contributed by atoms with Gasteiger partial charge in [-0.05, 0) is 48.2 Å². The Balaban J connectivity index is 2.02. The summed E-state index contributed by atoms with van der Waals surface area (Å²) in [7, 11) is 0. The number of rotatable bonds is 5. The van der Waals surface area contributed by atoms with Crippen LogP contribution in [-0.4, -0.2) is 27.8 Å². The number of esters is 1. The van der Waals surface area contributed by atoms with Crippen LogP contribution in [-0.2, 0) is 9.53 Å². The van der Waals surface area contributed by atoms with Crippen molar-refractivity contribution < 1.29 is 19.7 Å². The number of benzene rings is 2. The van der Waals surface area contributed by atoms with Crippen LogP contribution in [0.2, 0.25) is 0 Å². The molecule has 0 aromatic heterocycles. The molecule has 0 fully saturated rings. The third-order valence-electron chi connectivity index (χ3n) is 4.33. The average Bonchev–Trinajstić information content (AvgIpc) is 2.97. The second kappa shape index (κ2) is 9.01. The van der Waals surface area contributed by atoms with Gasteiger partial charge in [0.1, 0.15) is 22.1 Å². The lowest BCUT2D eigenvalue weighted by atomic mass is 10.00. The first-order valence-electron chi connectivity index (χ1n) is 9.38. The Morgan fingerprint density at radius 1 is 1.17 bits per heavy atom. The van der Waals surface area contributed by atoms with Gasteiger partial charge in [0.15, 0.2) is 0 Å². The highest BCUT2D eigenvalue weighted by atomic mass is 32.2. The molecule has 0 saturated carbocycles. The van der Waals surface area contributed by atoms with E-state index in [1.54, 1.807) is 19.1 Å². The maximum Gasteiger partial charge on any atom is 0.344 e. The molecule has 5 nitrogen and oxygen atoms in total. The fourth-order valence-electron chi connectivity index (χ4n) is 2.90. The van der Waals surface area contributed by atoms with E-state index in [1.807, 2.05) is 56.3 Å². The summed E-state index contributed by atoms with van der Waals surface area (Å²) in [5.74, 6) is -0.389. The van der Waals surface area contributed by atoms with E-state index in [4.69, 9.17) is 4.74 Å². The van der Waals surface area contributed by atoms with Gasteiger partial charge in [-0.2, -0.15) is 0 Å². The molecule has 0 aliphatic carbocycles. The highest BCUT2D eigenvalue weighted by molar-refractivity contribution is 8.18. The topological polar surface area (TPSA) is 79.1 Å². The van der Waals surface area contributed by atoms with Gasteiger partial charge in [0.25, 0.3) is 0 Å². The van der Waals surface area contributed by atoms with Crippen LogP contribution in [0.4, 0.5) is 5.69 Å². The fraction of sp³-hybridized carbons (Fsp3) is 0.217. The molecule has 2 aromatic rings. The van der Waals surface area contributed by atoms with Crippen molar-refractivity contribution in [1.82, 2.24) is 0 Å². The first-order chi connectivity index (χ1) is 13.9. The molecule has 0 amide bonds. The Labute approximate surface area is 174 Å². The van der Waals surface area contributed by atoms with Gasteiger partial charge < -0.3 is 14.9 Å². The summed E-state index contributed by atoms with van der Waals surface area (Å²) in [6.07, 6.45) is 1.72. The quantitative estimate of drug-likeness (QED) is 0.619. The van der Waals surface area contributed by atoms with Gasteiger partial charge in [-0.1, -0.05) is 55.9 Å². The molecule has 3 rings (SSSR count). The fourth-order valence-corrected chi connectivity index (χ4v) is 3.94. The summed E-state index contributed by atoms with van der Waals surface area (Å²) in [6.45, 7) is 5.92. The van der Waals surface area contributed by atoms with Crippen molar-refractivity contribution in [2.24, 2.45) is 4.99 Å². The summed E-state index contributed by atoms with van der Waals surface area (Å²) >= 11 is 1.19. The number of aliphatic imine (C=N–C) groups is 1. The van der Waals surface area contributed by atoms with Crippen molar-refractivity contribution in [3.8, 4) is 5.75 Å². The lowest BCUT2D eigenvalue weighted by Crippen LogP contribution is -2.12. The van der Waals surface area contributed by atoms with Crippen molar-refractivity contribution in [1.29, 1.82) is 0 Å². The van der Waals surface area contributed by atoms with Crippen LogP contribution >= 0.6 is 11.8 Å². The third-order valence-corrected chi connectivity index (χ3v) is 5.35. The van der Waals surface area contributed by atoms with E-state index in [1.165, 1.54) is 11.8 Å². The zero-order chi connectivity index (χ0) is 21.0. The van der Waals surface area contributed by atoms with Crippen LogP contribution in [0.3, 0.4) is 0 Å². The van der Waals surface area contributed by atoms with E-state index in [0.29, 0.717) is 21.2 Å². The van der Waals surface area contributed by atoms with Crippen LogP contribution in [0.15, 0.2) is 69.8 Å². The number of phenolic OH excluding ortho intramolecular Hbond substituents is 1. The Hall–Kier alpha value is -2.99. The number of thioether (sulfide) groups is 1. The largest absolute Gasteiger partial charge is 0.508 e. The van der Waals surface area contributed by atoms with E-state index in [9.17, 15) is 15.0 Å². The molecule has 1 aliphatic rings. The molecule has 1 heterocycles. The standard InChI is InChI=1S/C23H23NO4S/c1-4-28-23(27)20-21(26)19(29-22(20)24-16-8-6-5-7-9-16)13-15-10-11-17(14(2)3)18(25)12-15/h5-14,25-26H,4H2,1-3H3/b19-13-,24-22?. The highest BCUT2D eigenvalue weighted by Gasteiger charge is 2.33. The van der Waals surface area contributed by atoms with Crippen molar-refractivity contribution in [2.75, 3.05) is 6.61 Å². The monoisotopic (exact) mass is 409 g/mol. The highest BCUT2D eigenvalue weighted by Crippen LogP contribution is 2.40. The molecule has 0 spiro atoms. The van der Waals surface area contributed by atoms with E-state index in [2.05, 4.69) is 4.99 Å². The normalized spacial score (nSPS) is 16.8. The van der Waals surface area contributed by atoms with Crippen molar-refractivity contribution in [2.45, 2.75) is 26.7 Å². The van der Waals surface area contributed by atoms with Gasteiger partial charge in [0.05, 0.1) is 17.2 Å². The summed E-state index contributed by atoms with van der Waals surface area (Å²) in [5.41, 5.74) is 2.29. The van der Waals surface area contributed by atoms with E-state index in [-0.39, 0.29) is 29.6 Å². The van der Waals surface area contributed by atoms with Gasteiger partial charge in [0.2, 0.25) is 0 Å². The minimum absolute atomic E-state index is 0.0509. The van der Waals surface area contributed by atoms with Crippen molar-refractivity contribution in [3.05, 3.63) is 75.9 Å². The summed E-state index contributed by atoms with van der Waals surface area (Å²) in [4.78, 5) is 17.4. The molecule has 0 radical (unpaired) electrons. The molecule has 0 unspecified atom stereocenters. The molecule has 2 aromatic carbocycles. The Morgan fingerprint density at radius 2 is 1.90 bits per heavy atom. The molecule has 0 atom stereocenters. The number of aliphatic hydroxyl groups is 1. The number of hydrogen-bond acceptors (Lipinski definition) is 6. The number of phenols is 1. The molecule has 2 N–H and O–H groups in total. The molecule has 150 valence electrons. The van der Waals surface area contributed by atoms with Gasteiger partial charge in [0, 0.05) is 0 Å². The third kappa shape index (κ3) is 4.71. The van der Waals surface area contributed by atoms with Crippen molar-refractivity contribution >= 4 is 34.5 Å². The first kappa shape index (κ1) is 20.7. The van der Waals surface area contributed by atoms with Gasteiger partial charge in [-0.3, -0.25) is 0 Å². The Morgan fingerprint density at radius 3 is 2.52 bits per heavy atom. The predicted molar refractivity (Wildman–Crippen MR) is 118 cm³/mol. The lowest BCUT2D eigenvalue weighted by Gasteiger charge is -2.08. The van der Waals surface area contributed by atoms with Gasteiger partial charge >= 0.3 is 5.97 Å². The number of carbonyl (C=O) groups excluding carboxylic acids is 1. The minimum Gasteiger partial charge on any atom is -0.508 e. The van der Waals surface area contributed by atoms with Crippen molar-refractivity contribution in [3.63, 3.8) is 0 Å². The predicted octanol–water partition coefficient (Wildman–Crippen LogP) is 5.71. The van der Waals surface area contributed by atoms with Crippen LogP contribution in [0.1, 0.15) is 37.8 Å². The van der Waals surface area contributed by atoms with Crippen LogP contribution in [0.5, 0.6) is 5.75 Å². The second-order valence-electron chi connectivity index (χ2n) is 6.78. The maximum atomic E-state index is 12.4. The average molecular weight is 410 g/mol. The number of para-hydroxylation sites is 1. The number of nitrogens with zero attached hydrogens (tertiary/aromatic N) is 1. The SMILES string of the molecule is CCOC(=O)C1=C(O)/C(=C/c2ccc(C(C)C)c(O)c2)SC1=Nc1ccccc1. The van der Waals surface area contributed by atoms with Crippen LogP contribution in [0, 0.1) is 0 Å². The molecule has 1 aliphatic heterocycles. The van der Waals surface area contributed by atoms with Crippen LogP contribution in [0.25, 0.3) is 6.08 Å². The lowest BCUT2D eigenvalue weighted by molar-refractivity contribution is -0.138. The maximum absolute atomic E-state index is 12.4. The number of aromatic hydroxyl groups is 1. The molecule has 0 saturated heterocycles. The first-order valence-corrected chi connectivity index (χ1v) is 10.2. The van der Waals surface area contributed by atoms with Gasteiger partial charge in [-0.25, -0.2) is 9.79 Å². The van der Waals surface area contributed by atoms with E-state index >= 15 is 0 Å². The van der Waals surface area contributed by atoms with E-state index < -0.39 is 5.97 Å². The van der Waals surface area contributed by atoms with Gasteiger partial charge in [-0.15, -0.1) is 0 Å². The zero-order valence-electron chi connectivity index (χ0n) is 16.5. The molecular weight excluding hydrogens is 386 g/mol.